The van der Waals surface area contributed by atoms with Gasteiger partial charge in [-0.3, -0.25) is 9.11 Å². The molecule has 0 rings (SSSR count). The van der Waals surface area contributed by atoms with Gasteiger partial charge in [-0.2, -0.15) is 8.42 Å². The van der Waals surface area contributed by atoms with Gasteiger partial charge in [-0.15, -0.1) is 0 Å². The Morgan fingerprint density at radius 1 is 0.474 bits per heavy atom. The summed E-state index contributed by atoms with van der Waals surface area (Å²) in [6.45, 7) is 0. The molecule has 0 bridgehead atoms. The van der Waals surface area contributed by atoms with E-state index in [9.17, 15) is 0 Å². The van der Waals surface area contributed by atoms with Gasteiger partial charge >= 0.3 is 10.4 Å². The van der Waals surface area contributed by atoms with Crippen LogP contribution >= 0.6 is 0 Å². The molecule has 0 aliphatic rings. The summed E-state index contributed by atoms with van der Waals surface area (Å²) in [5.74, 6) is 0. The van der Waals surface area contributed by atoms with Gasteiger partial charge < -0.3 is 71.9 Å². The molecule has 0 aromatic rings. The van der Waals surface area contributed by atoms with Crippen LogP contribution in [-0.4, -0.2) is 83.2 Å². The Bertz CT molecular complexity index is 99.9. The molecular weight excluding hydrogens is 358 g/mol. The Morgan fingerprint density at radius 2 is 0.474 bits per heavy atom. The first kappa shape index (κ1) is 402. The SMILES string of the molecule is N.O.O.O.O.O.O.O.O.O.O.O.O.O=S(=O)(O)O.[Fe]. The van der Waals surface area contributed by atoms with Gasteiger partial charge in [-0.05, 0) is 0 Å². The Labute approximate surface area is 118 Å². The van der Waals surface area contributed by atoms with Crippen molar-refractivity contribution < 1.29 is 100 Å². The molecule has 0 saturated carbocycles. The van der Waals surface area contributed by atoms with E-state index in [1.165, 1.54) is 0 Å². The van der Waals surface area contributed by atoms with Crippen LogP contribution in [0, 0.1) is 0 Å². The van der Waals surface area contributed by atoms with E-state index in [2.05, 4.69) is 0 Å². The second kappa shape index (κ2) is 148. The average Bonchev–Trinajstić information content (AvgIpc) is 0.722. The molecule has 0 aliphatic heterocycles. The third kappa shape index (κ3) is 264000. The molecule has 0 aliphatic carbocycles. The Kier molecular flexibility index (Phi) is 3130. The van der Waals surface area contributed by atoms with Crippen LogP contribution < -0.4 is 6.15 Å². The van der Waals surface area contributed by atoms with Crippen molar-refractivity contribution in [2.24, 2.45) is 0 Å². The van der Waals surface area contributed by atoms with Gasteiger partial charge in [0, 0.05) is 17.1 Å². The zero-order valence-electron chi connectivity index (χ0n) is 9.18. The van der Waals surface area contributed by atoms with Gasteiger partial charge in [0.05, 0.1) is 0 Å². The normalized spacial score (nSPS) is 3.05. The quantitative estimate of drug-likeness (QED) is 0.268. The second-order valence-corrected chi connectivity index (χ2v) is 1.34. The molecular formula is H29FeNO16S. The van der Waals surface area contributed by atoms with E-state index in [0.717, 1.165) is 0 Å². The minimum atomic E-state index is -4.67. The van der Waals surface area contributed by atoms with Crippen LogP contribution in [-0.2, 0) is 27.5 Å². The summed E-state index contributed by atoms with van der Waals surface area (Å²) in [6, 6.07) is 0. The molecule has 19 heavy (non-hydrogen) atoms. The molecule has 144 valence electrons. The maximum atomic E-state index is 8.74. The molecule has 0 aromatic carbocycles. The molecule has 29 N–H and O–H groups in total. The Balaban J connectivity index is -0.000000000879. The van der Waals surface area contributed by atoms with E-state index in [1.54, 1.807) is 0 Å². The summed E-state index contributed by atoms with van der Waals surface area (Å²) in [4.78, 5) is 0. The van der Waals surface area contributed by atoms with E-state index in [1.807, 2.05) is 0 Å². The molecule has 19 heteroatoms. The molecule has 0 saturated heterocycles. The molecule has 0 unspecified atom stereocenters. The molecule has 0 spiro atoms. The van der Waals surface area contributed by atoms with Crippen LogP contribution in [0.2, 0.25) is 0 Å². The fourth-order valence-corrected chi connectivity index (χ4v) is 0. The predicted molar refractivity (Wildman–Crippen MR) is 62.6 cm³/mol. The van der Waals surface area contributed by atoms with Crippen molar-refractivity contribution in [2.45, 2.75) is 0 Å². The third-order valence-electron chi connectivity index (χ3n) is 0. The van der Waals surface area contributed by atoms with Crippen LogP contribution in [0.15, 0.2) is 0 Å². The molecule has 0 fully saturated rings. The second-order valence-electron chi connectivity index (χ2n) is 0.448. The summed E-state index contributed by atoms with van der Waals surface area (Å²) in [6.07, 6.45) is 0. The fourth-order valence-electron chi connectivity index (χ4n) is 0. The number of rotatable bonds is 0. The van der Waals surface area contributed by atoms with Crippen molar-refractivity contribution in [1.29, 1.82) is 0 Å². The van der Waals surface area contributed by atoms with Crippen molar-refractivity contribution in [3.05, 3.63) is 0 Å². The molecule has 0 aromatic heterocycles. The maximum Gasteiger partial charge on any atom is 0.394 e. The number of hydrogen-bond donors (Lipinski definition) is 3. The van der Waals surface area contributed by atoms with E-state index in [-0.39, 0.29) is 88.9 Å². The minimum absolute atomic E-state index is 0. The van der Waals surface area contributed by atoms with E-state index in [4.69, 9.17) is 17.5 Å². The Morgan fingerprint density at radius 3 is 0.474 bits per heavy atom. The summed E-state index contributed by atoms with van der Waals surface area (Å²) < 4.78 is 31.6. The monoisotopic (exact) mass is 387 g/mol. The first-order valence-electron chi connectivity index (χ1n) is 0.698. The first-order valence-corrected chi connectivity index (χ1v) is 2.10. The smallest absolute Gasteiger partial charge is 0.394 e. The van der Waals surface area contributed by atoms with E-state index >= 15 is 0 Å². The average molecular weight is 387 g/mol. The molecule has 0 amide bonds. The van der Waals surface area contributed by atoms with Crippen LogP contribution in [0.3, 0.4) is 0 Å². The minimum Gasteiger partial charge on any atom is -0.412 e. The zero-order valence-corrected chi connectivity index (χ0v) is 11.1. The topological polar surface area (TPSA) is 488 Å². The van der Waals surface area contributed by atoms with Crippen LogP contribution in [0.25, 0.3) is 0 Å². The molecule has 0 heterocycles. The van der Waals surface area contributed by atoms with Gasteiger partial charge in [0.25, 0.3) is 0 Å². The first-order chi connectivity index (χ1) is 2.00. The molecule has 0 atom stereocenters. The van der Waals surface area contributed by atoms with Crippen molar-refractivity contribution in [3.8, 4) is 0 Å². The standard InChI is InChI=1S/Fe.H3N.H2O4S.12H2O/c;;1-5(2,3)4;;;;;;;;;;;;/h;1H3;(H2,1,2,3,4);12*1H2. The van der Waals surface area contributed by atoms with Gasteiger partial charge in [0.1, 0.15) is 0 Å². The van der Waals surface area contributed by atoms with Crippen LogP contribution in [0.5, 0.6) is 0 Å². The van der Waals surface area contributed by atoms with Crippen molar-refractivity contribution in [1.82, 2.24) is 6.15 Å². The largest absolute Gasteiger partial charge is 0.412 e. The summed E-state index contributed by atoms with van der Waals surface area (Å²) in [5, 5.41) is 0. The summed E-state index contributed by atoms with van der Waals surface area (Å²) >= 11 is 0. The van der Waals surface area contributed by atoms with E-state index < -0.39 is 10.4 Å². The van der Waals surface area contributed by atoms with Gasteiger partial charge in [-0.1, -0.05) is 0 Å². The molecule has 17 nitrogen and oxygen atoms in total. The molecule has 0 radical (unpaired) electrons. The van der Waals surface area contributed by atoms with Gasteiger partial charge in [0.15, 0.2) is 0 Å². The van der Waals surface area contributed by atoms with Crippen LogP contribution in [0.1, 0.15) is 0 Å². The summed E-state index contributed by atoms with van der Waals surface area (Å²) in [7, 11) is -4.67. The predicted octanol–water partition coefficient (Wildman–Crippen LogP) is -10.4. The van der Waals surface area contributed by atoms with E-state index in [0.29, 0.717) is 0 Å². The third-order valence-corrected chi connectivity index (χ3v) is 0. The van der Waals surface area contributed by atoms with Gasteiger partial charge in [0.2, 0.25) is 0 Å². The summed E-state index contributed by atoms with van der Waals surface area (Å²) in [5.41, 5.74) is 0. The maximum absolute atomic E-state index is 8.74. The number of hydrogen-bond acceptors (Lipinski definition) is 3. The van der Waals surface area contributed by atoms with Crippen molar-refractivity contribution in [3.63, 3.8) is 0 Å². The van der Waals surface area contributed by atoms with Gasteiger partial charge in [-0.25, -0.2) is 0 Å². The van der Waals surface area contributed by atoms with Crippen LogP contribution in [0.4, 0.5) is 0 Å². The fraction of sp³-hybridized carbons (Fsp3) is 0. The van der Waals surface area contributed by atoms with Crippen molar-refractivity contribution in [2.75, 3.05) is 0 Å². The Hall–Kier alpha value is -0.131. The zero-order chi connectivity index (χ0) is 4.50. The van der Waals surface area contributed by atoms with Crippen molar-refractivity contribution >= 4 is 10.4 Å².